The fraction of sp³-hybridized carbons (Fsp3) is 0.273. The van der Waals surface area contributed by atoms with E-state index in [-0.39, 0.29) is 17.7 Å². The molecule has 2 amide bonds. The van der Waals surface area contributed by atoms with Crippen LogP contribution in [0.5, 0.6) is 11.5 Å². The fourth-order valence-corrected chi connectivity index (χ4v) is 4.74. The highest BCUT2D eigenvalue weighted by molar-refractivity contribution is 7.98. The Kier molecular flexibility index (Phi) is 6.61. The Morgan fingerprint density at radius 3 is 2.62 bits per heavy atom. The summed E-state index contributed by atoms with van der Waals surface area (Å²) >= 11 is 2.85. The topological polar surface area (TPSA) is 93.7 Å². The van der Waals surface area contributed by atoms with Crippen molar-refractivity contribution in [1.82, 2.24) is 10.2 Å². The molecule has 2 aromatic carbocycles. The van der Waals surface area contributed by atoms with Crippen LogP contribution in [-0.4, -0.2) is 49.0 Å². The Morgan fingerprint density at radius 1 is 1.16 bits per heavy atom. The fourth-order valence-electron chi connectivity index (χ4n) is 3.49. The molecule has 10 heteroatoms. The standard InChI is InChI=1S/C22H22N4O4S2/c1-29-15-6-4-14(5-7-15)26-12-13(10-19(26)27)21-24-25-22(32-21)23-20(28)17-9-8-16(31-3)11-18(17)30-2/h4-9,11,13H,10,12H2,1-3H3,(H,23,25,28)/t13-/m1/s1. The first-order chi connectivity index (χ1) is 15.5. The molecule has 0 aliphatic carbocycles. The Labute approximate surface area is 193 Å². The Balaban J connectivity index is 1.45. The molecular weight excluding hydrogens is 448 g/mol. The molecule has 8 nitrogen and oxygen atoms in total. The van der Waals surface area contributed by atoms with Gasteiger partial charge in [0.25, 0.3) is 5.91 Å². The van der Waals surface area contributed by atoms with Crippen LogP contribution in [0.15, 0.2) is 47.4 Å². The van der Waals surface area contributed by atoms with Crippen LogP contribution in [0.4, 0.5) is 10.8 Å². The van der Waals surface area contributed by atoms with Crippen molar-refractivity contribution in [1.29, 1.82) is 0 Å². The number of ether oxygens (including phenoxy) is 2. The Bertz CT molecular complexity index is 1130. The van der Waals surface area contributed by atoms with Gasteiger partial charge in [-0.2, -0.15) is 0 Å². The van der Waals surface area contributed by atoms with E-state index in [1.54, 1.807) is 29.8 Å². The average molecular weight is 471 g/mol. The van der Waals surface area contributed by atoms with Crippen molar-refractivity contribution < 1.29 is 19.1 Å². The van der Waals surface area contributed by atoms with E-state index in [4.69, 9.17) is 9.47 Å². The van der Waals surface area contributed by atoms with Gasteiger partial charge in [-0.05, 0) is 48.7 Å². The number of benzene rings is 2. The van der Waals surface area contributed by atoms with Crippen LogP contribution in [0, 0.1) is 0 Å². The number of aromatic nitrogens is 2. The summed E-state index contributed by atoms with van der Waals surface area (Å²) in [6, 6.07) is 12.8. The molecule has 166 valence electrons. The van der Waals surface area contributed by atoms with E-state index in [0.29, 0.717) is 34.4 Å². The number of anilines is 2. The summed E-state index contributed by atoms with van der Waals surface area (Å²) in [5, 5.41) is 12.2. The third-order valence-corrected chi connectivity index (χ3v) is 6.90. The summed E-state index contributed by atoms with van der Waals surface area (Å²) in [7, 11) is 3.14. The molecule has 0 unspecified atom stereocenters. The van der Waals surface area contributed by atoms with E-state index < -0.39 is 0 Å². The number of nitrogens with zero attached hydrogens (tertiary/aromatic N) is 3. The van der Waals surface area contributed by atoms with E-state index >= 15 is 0 Å². The predicted octanol–water partition coefficient (Wildman–Crippen LogP) is 4.05. The largest absolute Gasteiger partial charge is 0.497 e. The van der Waals surface area contributed by atoms with E-state index in [9.17, 15) is 9.59 Å². The first-order valence-corrected chi connectivity index (χ1v) is 11.9. The molecule has 1 N–H and O–H groups in total. The minimum atomic E-state index is -0.320. The molecule has 1 aliphatic rings. The van der Waals surface area contributed by atoms with Gasteiger partial charge in [0.1, 0.15) is 16.5 Å². The predicted molar refractivity (Wildman–Crippen MR) is 125 cm³/mol. The highest BCUT2D eigenvalue weighted by atomic mass is 32.2. The summed E-state index contributed by atoms with van der Waals surface area (Å²) in [6.07, 6.45) is 2.30. The number of amides is 2. The number of rotatable bonds is 7. The van der Waals surface area contributed by atoms with Gasteiger partial charge in [0.15, 0.2) is 0 Å². The highest BCUT2D eigenvalue weighted by Crippen LogP contribution is 2.35. The number of methoxy groups -OCH3 is 2. The molecule has 0 bridgehead atoms. The third-order valence-electron chi connectivity index (χ3n) is 5.17. The molecule has 1 aliphatic heterocycles. The molecule has 0 saturated carbocycles. The summed E-state index contributed by atoms with van der Waals surface area (Å²) in [5.41, 5.74) is 1.24. The SMILES string of the molecule is COc1ccc(N2C[C@H](c3nnc(NC(=O)c4ccc(SC)cc4OC)s3)CC2=O)cc1. The minimum Gasteiger partial charge on any atom is -0.497 e. The normalized spacial score (nSPS) is 15.7. The third kappa shape index (κ3) is 4.56. The molecule has 2 heterocycles. The zero-order valence-electron chi connectivity index (χ0n) is 17.8. The van der Waals surface area contributed by atoms with E-state index in [1.807, 2.05) is 42.7 Å². The monoisotopic (exact) mass is 470 g/mol. The molecule has 1 atom stereocenters. The first-order valence-electron chi connectivity index (χ1n) is 9.83. The van der Waals surface area contributed by atoms with E-state index in [1.165, 1.54) is 18.4 Å². The van der Waals surface area contributed by atoms with Crippen molar-refractivity contribution in [2.75, 3.05) is 37.2 Å². The van der Waals surface area contributed by atoms with Gasteiger partial charge in [-0.15, -0.1) is 22.0 Å². The van der Waals surface area contributed by atoms with Crippen molar-refractivity contribution in [3.8, 4) is 11.5 Å². The lowest BCUT2D eigenvalue weighted by Crippen LogP contribution is -2.24. The van der Waals surface area contributed by atoms with Gasteiger partial charge in [0.2, 0.25) is 11.0 Å². The highest BCUT2D eigenvalue weighted by Gasteiger charge is 2.34. The van der Waals surface area contributed by atoms with Crippen LogP contribution >= 0.6 is 23.1 Å². The number of carbonyl (C=O) groups excluding carboxylic acids is 2. The van der Waals surface area contributed by atoms with Gasteiger partial charge in [-0.1, -0.05) is 11.3 Å². The van der Waals surface area contributed by atoms with Crippen LogP contribution in [0.2, 0.25) is 0 Å². The Morgan fingerprint density at radius 2 is 1.94 bits per heavy atom. The van der Waals surface area contributed by atoms with Gasteiger partial charge in [0.05, 0.1) is 19.8 Å². The second kappa shape index (κ2) is 9.58. The van der Waals surface area contributed by atoms with Crippen molar-refractivity contribution in [3.05, 3.63) is 53.0 Å². The molecule has 3 aromatic rings. The maximum atomic E-state index is 12.7. The lowest BCUT2D eigenvalue weighted by atomic mass is 10.1. The van der Waals surface area contributed by atoms with Gasteiger partial charge in [-0.3, -0.25) is 14.9 Å². The first kappa shape index (κ1) is 22.1. The van der Waals surface area contributed by atoms with Crippen LogP contribution in [0.1, 0.15) is 27.7 Å². The van der Waals surface area contributed by atoms with Gasteiger partial charge in [-0.25, -0.2) is 0 Å². The summed E-state index contributed by atoms with van der Waals surface area (Å²) in [4.78, 5) is 28.0. The van der Waals surface area contributed by atoms with E-state index in [0.717, 1.165) is 16.3 Å². The zero-order valence-corrected chi connectivity index (χ0v) is 19.5. The second-order valence-corrected chi connectivity index (χ2v) is 8.96. The van der Waals surface area contributed by atoms with Gasteiger partial charge < -0.3 is 14.4 Å². The van der Waals surface area contributed by atoms with Crippen LogP contribution < -0.4 is 19.7 Å². The summed E-state index contributed by atoms with van der Waals surface area (Å²) in [5.74, 6) is 0.860. The maximum absolute atomic E-state index is 12.7. The average Bonchev–Trinajstić information content (AvgIpc) is 3.45. The molecule has 1 saturated heterocycles. The number of hydrogen-bond acceptors (Lipinski definition) is 8. The van der Waals surface area contributed by atoms with Crippen LogP contribution in [0.3, 0.4) is 0 Å². The summed E-state index contributed by atoms with van der Waals surface area (Å²) < 4.78 is 10.5. The molecule has 0 spiro atoms. The number of thioether (sulfide) groups is 1. The molecule has 32 heavy (non-hydrogen) atoms. The van der Waals surface area contributed by atoms with Crippen molar-refractivity contribution in [2.45, 2.75) is 17.2 Å². The van der Waals surface area contributed by atoms with Crippen LogP contribution in [-0.2, 0) is 4.79 Å². The minimum absolute atomic E-state index is 0.0274. The molecule has 4 rings (SSSR count). The molecule has 1 aromatic heterocycles. The smallest absolute Gasteiger partial charge is 0.261 e. The number of hydrogen-bond donors (Lipinski definition) is 1. The van der Waals surface area contributed by atoms with Crippen molar-refractivity contribution >= 4 is 45.7 Å². The zero-order chi connectivity index (χ0) is 22.7. The summed E-state index contributed by atoms with van der Waals surface area (Å²) in [6.45, 7) is 0.512. The van der Waals surface area contributed by atoms with E-state index in [2.05, 4.69) is 15.5 Å². The van der Waals surface area contributed by atoms with Crippen LogP contribution in [0.25, 0.3) is 0 Å². The molecule has 1 fully saturated rings. The van der Waals surface area contributed by atoms with Gasteiger partial charge >= 0.3 is 0 Å². The lowest BCUT2D eigenvalue weighted by molar-refractivity contribution is -0.117. The lowest BCUT2D eigenvalue weighted by Gasteiger charge is -2.16. The number of carbonyl (C=O) groups is 2. The van der Waals surface area contributed by atoms with Gasteiger partial charge in [0, 0.05) is 29.5 Å². The second-order valence-electron chi connectivity index (χ2n) is 7.07. The Hall–Kier alpha value is -3.11. The van der Waals surface area contributed by atoms with Crippen molar-refractivity contribution in [2.24, 2.45) is 0 Å². The molecular formula is C22H22N4O4S2. The number of nitrogens with one attached hydrogen (secondary N) is 1. The van der Waals surface area contributed by atoms with Crippen molar-refractivity contribution in [3.63, 3.8) is 0 Å². The maximum Gasteiger partial charge on any atom is 0.261 e. The quantitative estimate of drug-likeness (QED) is 0.521. The molecule has 0 radical (unpaired) electrons.